The van der Waals surface area contributed by atoms with Gasteiger partial charge in [-0.3, -0.25) is 0 Å². The summed E-state index contributed by atoms with van der Waals surface area (Å²) in [7, 11) is 0. The molecule has 2 heterocycles. The average Bonchev–Trinajstić information content (AvgIpc) is 3.17. The van der Waals surface area contributed by atoms with Crippen LogP contribution in [0.3, 0.4) is 0 Å². The number of imidazole rings is 1. The Balaban J connectivity index is 1.67. The summed E-state index contributed by atoms with van der Waals surface area (Å²) in [4.78, 5) is 4.35. The lowest BCUT2D eigenvalue weighted by atomic mass is 10.1. The standard InChI is InChI=1S/C17H22N2O3/c1-13-18-11-15(16(20)7-8-17-21-9-10-22-17)19(13)12-14-5-3-2-4-6-14/h2-6,11,16-17,20H,7-10,12H2,1H3. The minimum Gasteiger partial charge on any atom is -0.387 e. The van der Waals surface area contributed by atoms with E-state index in [0.717, 1.165) is 18.1 Å². The van der Waals surface area contributed by atoms with Gasteiger partial charge in [0.1, 0.15) is 5.82 Å². The number of hydrogen-bond acceptors (Lipinski definition) is 4. The Bertz CT molecular complexity index is 591. The number of nitrogens with zero attached hydrogens (tertiary/aromatic N) is 2. The smallest absolute Gasteiger partial charge is 0.157 e. The summed E-state index contributed by atoms with van der Waals surface area (Å²) in [6, 6.07) is 10.2. The Morgan fingerprint density at radius 1 is 1.27 bits per heavy atom. The van der Waals surface area contributed by atoms with Crippen molar-refractivity contribution >= 4 is 0 Å². The summed E-state index contributed by atoms with van der Waals surface area (Å²) in [5.74, 6) is 0.909. The van der Waals surface area contributed by atoms with Gasteiger partial charge in [0.2, 0.25) is 0 Å². The zero-order valence-corrected chi connectivity index (χ0v) is 12.8. The van der Waals surface area contributed by atoms with Crippen molar-refractivity contribution in [2.75, 3.05) is 13.2 Å². The molecule has 1 N–H and O–H groups in total. The monoisotopic (exact) mass is 302 g/mol. The van der Waals surface area contributed by atoms with Crippen molar-refractivity contribution in [1.29, 1.82) is 0 Å². The first-order valence-electron chi connectivity index (χ1n) is 7.71. The number of hydrogen-bond donors (Lipinski definition) is 1. The van der Waals surface area contributed by atoms with Gasteiger partial charge in [-0.05, 0) is 18.9 Å². The van der Waals surface area contributed by atoms with Crippen LogP contribution in [-0.2, 0) is 16.0 Å². The fraction of sp³-hybridized carbons (Fsp3) is 0.471. The SMILES string of the molecule is Cc1ncc(C(O)CCC2OCCO2)n1Cc1ccccc1. The molecule has 1 atom stereocenters. The van der Waals surface area contributed by atoms with Gasteiger partial charge in [-0.2, -0.15) is 0 Å². The van der Waals surface area contributed by atoms with Crippen LogP contribution in [0.4, 0.5) is 0 Å². The highest BCUT2D eigenvalue weighted by Gasteiger charge is 2.20. The third-order valence-electron chi connectivity index (χ3n) is 3.98. The van der Waals surface area contributed by atoms with E-state index in [-0.39, 0.29) is 6.29 Å². The zero-order chi connectivity index (χ0) is 15.4. The number of aromatic nitrogens is 2. The van der Waals surface area contributed by atoms with Crippen molar-refractivity contribution in [2.24, 2.45) is 0 Å². The van der Waals surface area contributed by atoms with Crippen molar-refractivity contribution in [3.05, 3.63) is 53.6 Å². The van der Waals surface area contributed by atoms with E-state index in [4.69, 9.17) is 9.47 Å². The maximum absolute atomic E-state index is 10.5. The van der Waals surface area contributed by atoms with Gasteiger partial charge in [0.25, 0.3) is 0 Å². The summed E-state index contributed by atoms with van der Waals surface area (Å²) in [6.07, 6.45) is 2.32. The highest BCUT2D eigenvalue weighted by Crippen LogP contribution is 2.23. The van der Waals surface area contributed by atoms with Gasteiger partial charge in [0.15, 0.2) is 6.29 Å². The number of aliphatic hydroxyl groups excluding tert-OH is 1. The summed E-state index contributed by atoms with van der Waals surface area (Å²) in [6.45, 7) is 3.97. The quantitative estimate of drug-likeness (QED) is 0.890. The molecule has 5 nitrogen and oxygen atoms in total. The van der Waals surface area contributed by atoms with E-state index in [9.17, 15) is 5.11 Å². The zero-order valence-electron chi connectivity index (χ0n) is 12.8. The van der Waals surface area contributed by atoms with Gasteiger partial charge >= 0.3 is 0 Å². The van der Waals surface area contributed by atoms with Gasteiger partial charge in [0, 0.05) is 13.0 Å². The van der Waals surface area contributed by atoms with E-state index >= 15 is 0 Å². The maximum atomic E-state index is 10.5. The highest BCUT2D eigenvalue weighted by atomic mass is 16.7. The maximum Gasteiger partial charge on any atom is 0.157 e. The van der Waals surface area contributed by atoms with Gasteiger partial charge in [-0.25, -0.2) is 4.98 Å². The lowest BCUT2D eigenvalue weighted by Crippen LogP contribution is -2.13. The van der Waals surface area contributed by atoms with E-state index in [1.165, 1.54) is 5.56 Å². The van der Waals surface area contributed by atoms with Crippen LogP contribution in [0.5, 0.6) is 0 Å². The molecule has 1 aromatic heterocycles. The van der Waals surface area contributed by atoms with Crippen LogP contribution in [0.2, 0.25) is 0 Å². The molecule has 118 valence electrons. The molecule has 1 unspecified atom stereocenters. The van der Waals surface area contributed by atoms with Crippen LogP contribution in [0.1, 0.15) is 36.0 Å². The van der Waals surface area contributed by atoms with Crippen LogP contribution >= 0.6 is 0 Å². The molecule has 1 aliphatic rings. The molecule has 3 rings (SSSR count). The molecule has 0 aliphatic carbocycles. The first-order chi connectivity index (χ1) is 10.7. The number of ether oxygens (including phenoxy) is 2. The summed E-state index contributed by atoms with van der Waals surface area (Å²) in [5.41, 5.74) is 2.04. The molecule has 1 aromatic carbocycles. The van der Waals surface area contributed by atoms with Crippen molar-refractivity contribution in [3.8, 4) is 0 Å². The Hall–Kier alpha value is -1.69. The molecule has 1 aliphatic heterocycles. The first-order valence-corrected chi connectivity index (χ1v) is 7.71. The van der Waals surface area contributed by atoms with Gasteiger partial charge in [-0.1, -0.05) is 30.3 Å². The molecular formula is C17H22N2O3. The van der Waals surface area contributed by atoms with Crippen molar-refractivity contribution in [1.82, 2.24) is 9.55 Å². The minimum absolute atomic E-state index is 0.179. The molecule has 0 spiro atoms. The second-order valence-corrected chi connectivity index (χ2v) is 5.57. The largest absolute Gasteiger partial charge is 0.387 e. The molecule has 2 aromatic rings. The van der Waals surface area contributed by atoms with E-state index < -0.39 is 6.10 Å². The molecule has 22 heavy (non-hydrogen) atoms. The summed E-state index contributed by atoms with van der Waals surface area (Å²) >= 11 is 0. The molecule has 0 amide bonds. The van der Waals surface area contributed by atoms with Gasteiger partial charge in [0.05, 0.1) is 31.2 Å². The van der Waals surface area contributed by atoms with Crippen LogP contribution in [0.15, 0.2) is 36.5 Å². The average molecular weight is 302 g/mol. The highest BCUT2D eigenvalue weighted by molar-refractivity contribution is 5.18. The Morgan fingerprint density at radius 3 is 2.73 bits per heavy atom. The second-order valence-electron chi connectivity index (χ2n) is 5.57. The number of aryl methyl sites for hydroxylation is 1. The summed E-state index contributed by atoms with van der Waals surface area (Å²) < 4.78 is 12.9. The van der Waals surface area contributed by atoms with Gasteiger partial charge < -0.3 is 19.1 Å². The van der Waals surface area contributed by atoms with Gasteiger partial charge in [-0.15, -0.1) is 0 Å². The van der Waals surface area contributed by atoms with E-state index in [2.05, 4.69) is 21.7 Å². The Morgan fingerprint density at radius 2 is 2.00 bits per heavy atom. The van der Waals surface area contributed by atoms with Crippen molar-refractivity contribution in [2.45, 2.75) is 38.7 Å². The lowest BCUT2D eigenvalue weighted by molar-refractivity contribution is -0.0545. The molecule has 0 saturated carbocycles. The third kappa shape index (κ3) is 3.55. The number of aliphatic hydroxyl groups is 1. The predicted octanol–water partition coefficient (Wildman–Crippen LogP) is 2.43. The molecule has 1 saturated heterocycles. The van der Waals surface area contributed by atoms with Crippen molar-refractivity contribution in [3.63, 3.8) is 0 Å². The summed E-state index contributed by atoms with van der Waals surface area (Å²) in [5, 5.41) is 10.5. The molecule has 0 radical (unpaired) electrons. The van der Waals surface area contributed by atoms with Crippen LogP contribution < -0.4 is 0 Å². The molecular weight excluding hydrogens is 280 g/mol. The molecule has 1 fully saturated rings. The lowest BCUT2D eigenvalue weighted by Gasteiger charge is -2.16. The second kappa shape index (κ2) is 7.05. The van der Waals surface area contributed by atoms with E-state index in [0.29, 0.717) is 26.1 Å². The Labute approximate surface area is 130 Å². The van der Waals surface area contributed by atoms with E-state index in [1.54, 1.807) is 6.20 Å². The van der Waals surface area contributed by atoms with Crippen molar-refractivity contribution < 1.29 is 14.6 Å². The fourth-order valence-corrected chi connectivity index (χ4v) is 2.74. The normalized spacial score (nSPS) is 17.0. The van der Waals surface area contributed by atoms with E-state index in [1.807, 2.05) is 25.1 Å². The first kappa shape index (κ1) is 15.2. The molecule has 5 heteroatoms. The fourth-order valence-electron chi connectivity index (χ4n) is 2.74. The van der Waals surface area contributed by atoms with Crippen LogP contribution in [-0.4, -0.2) is 34.2 Å². The molecule has 0 bridgehead atoms. The minimum atomic E-state index is -0.558. The topological polar surface area (TPSA) is 56.5 Å². The number of rotatable bonds is 6. The number of benzene rings is 1. The predicted molar refractivity (Wildman–Crippen MR) is 82.4 cm³/mol. The van der Waals surface area contributed by atoms with Crippen LogP contribution in [0.25, 0.3) is 0 Å². The third-order valence-corrected chi connectivity index (χ3v) is 3.98. The van der Waals surface area contributed by atoms with Crippen LogP contribution in [0, 0.1) is 6.92 Å². The Kier molecular flexibility index (Phi) is 4.87.